The second-order valence-corrected chi connectivity index (χ2v) is 1.87. The third-order valence-corrected chi connectivity index (χ3v) is 1.18. The predicted octanol–water partition coefficient (Wildman–Crippen LogP) is -0.370. The predicted molar refractivity (Wildman–Crippen MR) is 35.2 cm³/mol. The number of carbonyl (C=O) groups is 1. The average Bonchev–Trinajstić information content (AvgIpc) is 1.88. The number of carbonyl (C=O) groups excluding carboxylic acids is 1. The molecule has 0 unspecified atom stereocenters. The molecule has 0 heterocycles. The van der Waals surface area contributed by atoms with E-state index in [1.807, 2.05) is 0 Å². The van der Waals surface area contributed by atoms with Crippen LogP contribution >= 0.6 is 0 Å². The Hall–Kier alpha value is -0.991. The smallest absolute Gasteiger partial charge is 0.545 e. The average molecular weight is 200 g/mol. The van der Waals surface area contributed by atoms with E-state index in [0.29, 0.717) is 0 Å². The van der Waals surface area contributed by atoms with E-state index in [1.54, 1.807) is 12.1 Å². The van der Waals surface area contributed by atoms with Crippen molar-refractivity contribution in [1.82, 2.24) is 0 Å². The summed E-state index contributed by atoms with van der Waals surface area (Å²) in [6, 6.07) is 6.19. The van der Waals surface area contributed by atoms with Crippen LogP contribution in [0.5, 0.6) is 0 Å². The van der Waals surface area contributed by atoms with Gasteiger partial charge in [-0.3, -0.25) is 0 Å². The molecule has 4 heteroatoms. The van der Waals surface area contributed by atoms with Crippen molar-refractivity contribution >= 4 is 11.7 Å². The Morgan fingerprint density at radius 2 is 1.91 bits per heavy atom. The third-order valence-electron chi connectivity index (χ3n) is 1.18. The van der Waals surface area contributed by atoms with Gasteiger partial charge >= 0.3 is 17.1 Å². The SMILES string of the molecule is Nc1ccccc1C(=O)[O-].[Cu+2]. The molecule has 0 aliphatic rings. The Balaban J connectivity index is 0.000001000. The Morgan fingerprint density at radius 1 is 1.36 bits per heavy atom. The van der Waals surface area contributed by atoms with E-state index in [2.05, 4.69) is 0 Å². The second kappa shape index (κ2) is 4.01. The summed E-state index contributed by atoms with van der Waals surface area (Å²) in [5.74, 6) is -1.24. The number of hydrogen-bond acceptors (Lipinski definition) is 3. The molecule has 0 saturated carbocycles. The van der Waals surface area contributed by atoms with Crippen LogP contribution in [-0.2, 0) is 17.1 Å². The first-order valence-corrected chi connectivity index (χ1v) is 2.77. The molecule has 0 spiro atoms. The van der Waals surface area contributed by atoms with Gasteiger partial charge < -0.3 is 15.6 Å². The fraction of sp³-hybridized carbons (Fsp3) is 0. The molecule has 0 saturated heterocycles. The van der Waals surface area contributed by atoms with Gasteiger partial charge in [0.25, 0.3) is 0 Å². The summed E-state index contributed by atoms with van der Waals surface area (Å²) in [5.41, 5.74) is 5.58. The molecule has 1 aromatic rings. The van der Waals surface area contributed by atoms with Gasteiger partial charge in [0.05, 0.1) is 5.97 Å². The van der Waals surface area contributed by atoms with Crippen molar-refractivity contribution in [1.29, 1.82) is 0 Å². The van der Waals surface area contributed by atoms with Crippen LogP contribution in [0.15, 0.2) is 24.3 Å². The number of carboxylic acid groups (broad SMARTS) is 1. The molecule has 0 fully saturated rings. The number of carboxylic acids is 1. The van der Waals surface area contributed by atoms with Crippen LogP contribution in [0, 0.1) is 0 Å². The fourth-order valence-electron chi connectivity index (χ4n) is 0.683. The number of anilines is 1. The van der Waals surface area contributed by atoms with Crippen molar-refractivity contribution in [2.24, 2.45) is 0 Å². The van der Waals surface area contributed by atoms with E-state index >= 15 is 0 Å². The van der Waals surface area contributed by atoms with Crippen LogP contribution < -0.4 is 10.8 Å². The van der Waals surface area contributed by atoms with E-state index < -0.39 is 5.97 Å². The summed E-state index contributed by atoms with van der Waals surface area (Å²) in [6.45, 7) is 0. The zero-order valence-corrected chi connectivity index (χ0v) is 6.45. The van der Waals surface area contributed by atoms with Crippen LogP contribution in [0.1, 0.15) is 10.4 Å². The maximum atomic E-state index is 10.2. The minimum absolute atomic E-state index is 0. The quantitative estimate of drug-likeness (QED) is 0.496. The van der Waals surface area contributed by atoms with Gasteiger partial charge in [0.1, 0.15) is 0 Å². The van der Waals surface area contributed by atoms with E-state index in [1.165, 1.54) is 12.1 Å². The molecule has 0 amide bonds. The number of benzene rings is 1. The molecule has 11 heavy (non-hydrogen) atoms. The van der Waals surface area contributed by atoms with Gasteiger partial charge in [0.15, 0.2) is 0 Å². The van der Waals surface area contributed by atoms with E-state index in [-0.39, 0.29) is 28.3 Å². The van der Waals surface area contributed by atoms with Crippen LogP contribution in [0.25, 0.3) is 0 Å². The molecule has 0 aromatic heterocycles. The minimum atomic E-state index is -1.24. The molecule has 61 valence electrons. The zero-order chi connectivity index (χ0) is 7.56. The Bertz CT molecular complexity index is 262. The van der Waals surface area contributed by atoms with Crippen molar-refractivity contribution in [2.45, 2.75) is 0 Å². The fourth-order valence-corrected chi connectivity index (χ4v) is 0.683. The maximum Gasteiger partial charge on any atom is 2.00 e. The summed E-state index contributed by atoms with van der Waals surface area (Å²) in [7, 11) is 0. The van der Waals surface area contributed by atoms with Crippen LogP contribution in [0.4, 0.5) is 5.69 Å². The Labute approximate surface area is 74.7 Å². The molecule has 2 N–H and O–H groups in total. The molecule has 1 aromatic carbocycles. The molecule has 0 atom stereocenters. The van der Waals surface area contributed by atoms with Gasteiger partial charge in [-0.05, 0) is 6.07 Å². The van der Waals surface area contributed by atoms with Gasteiger partial charge in [0.2, 0.25) is 0 Å². The largest absolute Gasteiger partial charge is 2.00 e. The molecular formula is C7H6CuNO2+. The van der Waals surface area contributed by atoms with Gasteiger partial charge in [-0.1, -0.05) is 18.2 Å². The first kappa shape index (κ1) is 10.0. The summed E-state index contributed by atoms with van der Waals surface area (Å²) in [5, 5.41) is 10.2. The first-order chi connectivity index (χ1) is 4.72. The molecule has 0 bridgehead atoms. The van der Waals surface area contributed by atoms with Gasteiger partial charge in [-0.15, -0.1) is 0 Å². The molecule has 0 aliphatic carbocycles. The molecular weight excluding hydrogens is 194 g/mol. The number of hydrogen-bond donors (Lipinski definition) is 1. The number of nitrogen functional groups attached to an aromatic ring is 1. The number of para-hydroxylation sites is 1. The summed E-state index contributed by atoms with van der Waals surface area (Å²) >= 11 is 0. The van der Waals surface area contributed by atoms with Gasteiger partial charge in [-0.2, -0.15) is 0 Å². The summed E-state index contributed by atoms with van der Waals surface area (Å²) in [4.78, 5) is 10.2. The van der Waals surface area contributed by atoms with Crippen LogP contribution in [0.3, 0.4) is 0 Å². The summed E-state index contributed by atoms with van der Waals surface area (Å²) in [6.07, 6.45) is 0. The first-order valence-electron chi connectivity index (χ1n) is 2.77. The second-order valence-electron chi connectivity index (χ2n) is 1.87. The third kappa shape index (κ3) is 2.26. The topological polar surface area (TPSA) is 66.2 Å². The minimum Gasteiger partial charge on any atom is -0.545 e. The maximum absolute atomic E-state index is 10.2. The standard InChI is InChI=1S/C7H7NO2.Cu/c8-6-4-2-1-3-5(6)7(9)10;/h1-4H,8H2,(H,9,10);/q;+2/p-1. The van der Waals surface area contributed by atoms with Gasteiger partial charge in [-0.25, -0.2) is 0 Å². The van der Waals surface area contributed by atoms with Crippen molar-refractivity contribution in [3.8, 4) is 0 Å². The van der Waals surface area contributed by atoms with Crippen molar-refractivity contribution in [2.75, 3.05) is 5.73 Å². The van der Waals surface area contributed by atoms with E-state index in [9.17, 15) is 9.90 Å². The number of aromatic carboxylic acids is 1. The molecule has 1 rings (SSSR count). The van der Waals surface area contributed by atoms with E-state index in [0.717, 1.165) is 0 Å². The number of nitrogens with two attached hydrogens (primary N) is 1. The van der Waals surface area contributed by atoms with E-state index in [4.69, 9.17) is 5.73 Å². The van der Waals surface area contributed by atoms with Crippen molar-refractivity contribution in [3.63, 3.8) is 0 Å². The normalized spacial score (nSPS) is 8.36. The molecule has 3 nitrogen and oxygen atoms in total. The van der Waals surface area contributed by atoms with Gasteiger partial charge in [0, 0.05) is 11.3 Å². The monoisotopic (exact) mass is 199 g/mol. The van der Waals surface area contributed by atoms with Crippen LogP contribution in [-0.4, -0.2) is 5.97 Å². The van der Waals surface area contributed by atoms with Crippen molar-refractivity contribution < 1.29 is 27.0 Å². The number of rotatable bonds is 1. The Morgan fingerprint density at radius 3 is 2.27 bits per heavy atom. The molecule has 1 radical (unpaired) electrons. The summed E-state index contributed by atoms with van der Waals surface area (Å²) < 4.78 is 0. The Kier molecular flexibility index (Phi) is 3.65. The zero-order valence-electron chi connectivity index (χ0n) is 5.50. The van der Waals surface area contributed by atoms with Crippen molar-refractivity contribution in [3.05, 3.63) is 29.8 Å². The molecule has 0 aliphatic heterocycles. The van der Waals surface area contributed by atoms with Crippen LogP contribution in [0.2, 0.25) is 0 Å².